The van der Waals surface area contributed by atoms with Crippen LogP contribution < -0.4 is 10.2 Å². The summed E-state index contributed by atoms with van der Waals surface area (Å²) in [5.41, 5.74) is 3.72. The Kier molecular flexibility index (Phi) is 6.44. The van der Waals surface area contributed by atoms with Crippen molar-refractivity contribution in [1.29, 1.82) is 0 Å². The number of halogens is 1. The minimum absolute atomic E-state index is 0.0656. The number of hydrogen-bond donors (Lipinski definition) is 2. The Bertz CT molecular complexity index is 1030. The fourth-order valence-electron chi connectivity index (χ4n) is 3.95. The van der Waals surface area contributed by atoms with Crippen molar-refractivity contribution in [2.75, 3.05) is 36.4 Å². The van der Waals surface area contributed by atoms with Crippen molar-refractivity contribution in [3.63, 3.8) is 0 Å². The van der Waals surface area contributed by atoms with Crippen LogP contribution in [-0.2, 0) is 4.79 Å². The third-order valence-corrected chi connectivity index (χ3v) is 6.10. The summed E-state index contributed by atoms with van der Waals surface area (Å²) in [6, 6.07) is 22.3. The van der Waals surface area contributed by atoms with Crippen LogP contribution in [0.5, 0.6) is 5.75 Å². The molecule has 0 spiro atoms. The van der Waals surface area contributed by atoms with E-state index in [1.54, 1.807) is 18.2 Å². The first kappa shape index (κ1) is 21.2. The average Bonchev–Trinajstić information content (AvgIpc) is 2.78. The van der Waals surface area contributed by atoms with Crippen LogP contribution in [0.3, 0.4) is 0 Å². The highest BCUT2D eigenvalue weighted by Gasteiger charge is 2.30. The van der Waals surface area contributed by atoms with Crippen molar-refractivity contribution in [2.45, 2.75) is 13.0 Å². The fourth-order valence-corrected chi connectivity index (χ4v) is 4.13. The Morgan fingerprint density at radius 1 is 0.968 bits per heavy atom. The number of hydrogen-bond acceptors (Lipinski definition) is 4. The molecule has 0 radical (unpaired) electrons. The van der Waals surface area contributed by atoms with Crippen LogP contribution >= 0.6 is 11.6 Å². The Balaban J connectivity index is 1.51. The lowest BCUT2D eigenvalue weighted by molar-refractivity contribution is -0.121. The molecule has 1 aliphatic heterocycles. The van der Waals surface area contributed by atoms with E-state index in [0.717, 1.165) is 43.0 Å². The van der Waals surface area contributed by atoms with E-state index in [2.05, 4.69) is 15.1 Å². The van der Waals surface area contributed by atoms with E-state index >= 15 is 0 Å². The number of phenols is 1. The SMILES string of the molecule is Cc1ccc(NC(=O)[C@@H](c2ccccc2)N2CCN(c3ccc(O)cc3)CC2)cc1Cl. The predicted octanol–water partition coefficient (Wildman–Crippen LogP) is 4.86. The standard InChI is InChI=1S/C25H26ClN3O2/c1-18-7-8-20(17-23(18)26)27-25(31)24(19-5-3-2-4-6-19)29-15-13-28(14-16-29)21-9-11-22(30)12-10-21/h2-12,17,24,30H,13-16H2,1H3,(H,27,31)/t24-/m1/s1. The Morgan fingerprint density at radius 3 is 2.29 bits per heavy atom. The van der Waals surface area contributed by atoms with Crippen LogP contribution in [0.25, 0.3) is 0 Å². The largest absolute Gasteiger partial charge is 0.508 e. The monoisotopic (exact) mass is 435 g/mol. The first-order valence-corrected chi connectivity index (χ1v) is 10.8. The van der Waals surface area contributed by atoms with Crippen molar-refractivity contribution >= 4 is 28.9 Å². The van der Waals surface area contributed by atoms with Gasteiger partial charge in [-0.2, -0.15) is 0 Å². The maximum Gasteiger partial charge on any atom is 0.246 e. The maximum atomic E-state index is 13.4. The molecule has 6 heteroatoms. The van der Waals surface area contributed by atoms with E-state index in [-0.39, 0.29) is 17.7 Å². The second-order valence-corrected chi connectivity index (χ2v) is 8.21. The Labute approximate surface area is 187 Å². The number of aromatic hydroxyl groups is 1. The highest BCUT2D eigenvalue weighted by atomic mass is 35.5. The molecule has 0 aromatic heterocycles. The summed E-state index contributed by atoms with van der Waals surface area (Å²) >= 11 is 6.24. The van der Waals surface area contributed by atoms with Gasteiger partial charge in [0.05, 0.1) is 0 Å². The molecule has 1 heterocycles. The van der Waals surface area contributed by atoms with E-state index in [4.69, 9.17) is 11.6 Å². The summed E-state index contributed by atoms with van der Waals surface area (Å²) in [7, 11) is 0. The van der Waals surface area contributed by atoms with Gasteiger partial charge < -0.3 is 15.3 Å². The van der Waals surface area contributed by atoms with Gasteiger partial charge in [0.2, 0.25) is 5.91 Å². The van der Waals surface area contributed by atoms with Gasteiger partial charge in [0.1, 0.15) is 11.8 Å². The number of piperazine rings is 1. The third-order valence-electron chi connectivity index (χ3n) is 5.70. The van der Waals surface area contributed by atoms with Gasteiger partial charge in [-0.05, 0) is 54.4 Å². The Hall–Kier alpha value is -3.02. The van der Waals surface area contributed by atoms with Crippen LogP contribution in [0.2, 0.25) is 5.02 Å². The number of carbonyl (C=O) groups is 1. The number of nitrogens with zero attached hydrogens (tertiary/aromatic N) is 2. The number of phenolic OH excluding ortho intramolecular Hbond substituents is 1. The van der Waals surface area contributed by atoms with E-state index in [9.17, 15) is 9.90 Å². The fraction of sp³-hybridized carbons (Fsp3) is 0.240. The summed E-state index contributed by atoms with van der Waals surface area (Å²) in [4.78, 5) is 17.9. The van der Waals surface area contributed by atoms with Crippen LogP contribution in [0.1, 0.15) is 17.2 Å². The van der Waals surface area contributed by atoms with Crippen molar-refractivity contribution < 1.29 is 9.90 Å². The molecule has 0 saturated carbocycles. The Morgan fingerprint density at radius 2 is 1.65 bits per heavy atom. The van der Waals surface area contributed by atoms with Crippen molar-refractivity contribution in [2.24, 2.45) is 0 Å². The van der Waals surface area contributed by atoms with E-state index < -0.39 is 0 Å². The van der Waals surface area contributed by atoms with Crippen molar-refractivity contribution in [3.8, 4) is 5.75 Å². The maximum absolute atomic E-state index is 13.4. The summed E-state index contributed by atoms with van der Waals surface area (Å²) in [6.07, 6.45) is 0. The number of carbonyl (C=O) groups excluding carboxylic acids is 1. The predicted molar refractivity (Wildman–Crippen MR) is 126 cm³/mol. The lowest BCUT2D eigenvalue weighted by Gasteiger charge is -2.39. The lowest BCUT2D eigenvalue weighted by atomic mass is 10.0. The number of anilines is 2. The molecule has 0 unspecified atom stereocenters. The molecule has 5 nitrogen and oxygen atoms in total. The molecule has 1 saturated heterocycles. The molecule has 3 aromatic carbocycles. The molecule has 0 bridgehead atoms. The molecule has 4 rings (SSSR count). The summed E-state index contributed by atoms with van der Waals surface area (Å²) in [5, 5.41) is 13.2. The molecular formula is C25H26ClN3O2. The molecule has 1 fully saturated rings. The van der Waals surface area contributed by atoms with Gasteiger partial charge in [0, 0.05) is 42.6 Å². The van der Waals surface area contributed by atoms with Crippen LogP contribution in [0, 0.1) is 6.92 Å². The molecule has 2 N–H and O–H groups in total. The molecule has 0 aliphatic carbocycles. The second-order valence-electron chi connectivity index (χ2n) is 7.81. The summed E-state index contributed by atoms with van der Waals surface area (Å²) in [5.74, 6) is 0.198. The number of aryl methyl sites for hydroxylation is 1. The molecule has 3 aromatic rings. The van der Waals surface area contributed by atoms with Crippen molar-refractivity contribution in [3.05, 3.63) is 88.9 Å². The van der Waals surface area contributed by atoms with Gasteiger partial charge in [0.25, 0.3) is 0 Å². The van der Waals surface area contributed by atoms with Crippen LogP contribution in [0.15, 0.2) is 72.8 Å². The first-order valence-electron chi connectivity index (χ1n) is 10.4. The normalized spacial score (nSPS) is 15.5. The molecular weight excluding hydrogens is 410 g/mol. The van der Waals surface area contributed by atoms with E-state index in [1.807, 2.05) is 61.5 Å². The van der Waals surface area contributed by atoms with Crippen LogP contribution in [-0.4, -0.2) is 42.1 Å². The molecule has 31 heavy (non-hydrogen) atoms. The van der Waals surface area contributed by atoms with Crippen LogP contribution in [0.4, 0.5) is 11.4 Å². The highest BCUT2D eigenvalue weighted by Crippen LogP contribution is 2.27. The smallest absolute Gasteiger partial charge is 0.246 e. The minimum Gasteiger partial charge on any atom is -0.508 e. The summed E-state index contributed by atoms with van der Waals surface area (Å²) in [6.45, 7) is 5.05. The van der Waals surface area contributed by atoms with Gasteiger partial charge in [0.15, 0.2) is 0 Å². The topological polar surface area (TPSA) is 55.8 Å². The van der Waals surface area contributed by atoms with Gasteiger partial charge in [-0.15, -0.1) is 0 Å². The van der Waals surface area contributed by atoms with Gasteiger partial charge in [-0.1, -0.05) is 48.0 Å². The third kappa shape index (κ3) is 5.01. The number of nitrogens with one attached hydrogen (secondary N) is 1. The minimum atomic E-state index is -0.386. The zero-order chi connectivity index (χ0) is 21.8. The molecule has 1 atom stereocenters. The first-order chi connectivity index (χ1) is 15.0. The lowest BCUT2D eigenvalue weighted by Crippen LogP contribution is -2.50. The zero-order valence-corrected chi connectivity index (χ0v) is 18.2. The molecule has 1 amide bonds. The van der Waals surface area contributed by atoms with E-state index in [0.29, 0.717) is 10.7 Å². The zero-order valence-electron chi connectivity index (χ0n) is 17.5. The average molecular weight is 436 g/mol. The van der Waals surface area contributed by atoms with Gasteiger partial charge in [-0.25, -0.2) is 0 Å². The highest BCUT2D eigenvalue weighted by molar-refractivity contribution is 6.31. The number of benzene rings is 3. The molecule has 160 valence electrons. The van der Waals surface area contributed by atoms with Gasteiger partial charge in [-0.3, -0.25) is 9.69 Å². The molecule has 1 aliphatic rings. The summed E-state index contributed by atoms with van der Waals surface area (Å²) < 4.78 is 0. The van der Waals surface area contributed by atoms with Crippen molar-refractivity contribution in [1.82, 2.24) is 4.90 Å². The quantitative estimate of drug-likeness (QED) is 0.601. The van der Waals surface area contributed by atoms with Gasteiger partial charge >= 0.3 is 0 Å². The second kappa shape index (κ2) is 9.41. The number of rotatable bonds is 5. The van der Waals surface area contributed by atoms with E-state index in [1.165, 1.54) is 0 Å². The number of amides is 1.